The first kappa shape index (κ1) is 7.64. The van der Waals surface area contributed by atoms with Gasteiger partial charge in [-0.1, -0.05) is 0 Å². The highest BCUT2D eigenvalue weighted by atomic mass is 35.5. The van der Waals surface area contributed by atoms with E-state index in [2.05, 4.69) is 0 Å². The van der Waals surface area contributed by atoms with Crippen molar-refractivity contribution >= 4 is 23.2 Å². The molecule has 1 rings (SSSR count). The second-order valence-electron chi connectivity index (χ2n) is 2.61. The predicted molar refractivity (Wildman–Crippen MR) is 41.2 cm³/mol. The van der Waals surface area contributed by atoms with Crippen LogP contribution in [0, 0.1) is 0 Å². The lowest BCUT2D eigenvalue weighted by molar-refractivity contribution is -0.794. The maximum Gasteiger partial charge on any atom is 0.129 e. The minimum absolute atomic E-state index is 0.775. The number of nitrogens with zero attached hydrogens (tertiary/aromatic N) is 1. The number of quaternary nitrogens is 1. The number of rotatable bonds is 4. The van der Waals surface area contributed by atoms with Crippen molar-refractivity contribution in [1.82, 2.24) is 0 Å². The summed E-state index contributed by atoms with van der Waals surface area (Å²) in [7, 11) is 0. The van der Waals surface area contributed by atoms with Crippen molar-refractivity contribution in [2.45, 2.75) is 0 Å². The fourth-order valence-electron chi connectivity index (χ4n) is 1.06. The van der Waals surface area contributed by atoms with Crippen molar-refractivity contribution in [2.75, 3.05) is 37.9 Å². The molecule has 0 saturated carbocycles. The molecule has 3 heteroatoms. The van der Waals surface area contributed by atoms with Crippen molar-refractivity contribution in [3.63, 3.8) is 0 Å². The highest BCUT2D eigenvalue weighted by Crippen LogP contribution is 2.20. The zero-order chi connectivity index (χ0) is 6.74. The van der Waals surface area contributed by atoms with Crippen LogP contribution in [0.2, 0.25) is 0 Å². The Morgan fingerprint density at radius 2 is 1.44 bits per heavy atom. The average Bonchev–Trinajstić information content (AvgIpc) is 2.51. The number of hydrogen-bond acceptors (Lipinski definition) is 0. The van der Waals surface area contributed by atoms with Gasteiger partial charge in [0.25, 0.3) is 0 Å². The van der Waals surface area contributed by atoms with Gasteiger partial charge in [0.2, 0.25) is 0 Å². The van der Waals surface area contributed by atoms with E-state index in [0.29, 0.717) is 0 Å². The van der Waals surface area contributed by atoms with Gasteiger partial charge in [-0.25, -0.2) is 0 Å². The molecule has 1 nitrogen and oxygen atoms in total. The molecule has 0 spiro atoms. The normalized spacial score (nSPS) is 22.0. The molecule has 0 radical (unpaired) electrons. The molecule has 1 heterocycles. The molecule has 1 aliphatic rings. The second-order valence-corrected chi connectivity index (χ2v) is 3.37. The molecular weight excluding hydrogens is 157 g/mol. The third kappa shape index (κ3) is 1.99. The summed E-state index contributed by atoms with van der Waals surface area (Å²) >= 11 is 11.2. The van der Waals surface area contributed by atoms with Gasteiger partial charge < -0.3 is 4.48 Å². The molecule has 0 unspecified atom stereocenters. The Hall–Kier alpha value is 0.540. The molecule has 1 saturated heterocycles. The first-order chi connectivity index (χ1) is 4.33. The monoisotopic (exact) mass is 168 g/mol. The van der Waals surface area contributed by atoms with Crippen LogP contribution >= 0.6 is 23.2 Å². The van der Waals surface area contributed by atoms with E-state index in [9.17, 15) is 0 Å². The van der Waals surface area contributed by atoms with Gasteiger partial charge >= 0.3 is 0 Å². The van der Waals surface area contributed by atoms with Gasteiger partial charge in [-0.2, -0.15) is 0 Å². The second kappa shape index (κ2) is 3.09. The van der Waals surface area contributed by atoms with E-state index < -0.39 is 0 Å². The van der Waals surface area contributed by atoms with E-state index >= 15 is 0 Å². The minimum Gasteiger partial charge on any atom is -0.312 e. The molecule has 0 amide bonds. The Morgan fingerprint density at radius 1 is 1.00 bits per heavy atom. The van der Waals surface area contributed by atoms with Crippen LogP contribution in [0.5, 0.6) is 0 Å². The summed E-state index contributed by atoms with van der Waals surface area (Å²) in [4.78, 5) is 0. The molecule has 0 aromatic carbocycles. The Kier molecular flexibility index (Phi) is 2.62. The highest BCUT2D eigenvalue weighted by Gasteiger charge is 2.40. The van der Waals surface area contributed by atoms with Crippen LogP contribution in [0.3, 0.4) is 0 Å². The van der Waals surface area contributed by atoms with Gasteiger partial charge in [0.15, 0.2) is 0 Å². The molecule has 0 atom stereocenters. The molecule has 0 aromatic rings. The van der Waals surface area contributed by atoms with Crippen molar-refractivity contribution in [3.8, 4) is 0 Å². The molecule has 0 aliphatic carbocycles. The summed E-state index contributed by atoms with van der Waals surface area (Å²) in [6.45, 7) is 4.79. The van der Waals surface area contributed by atoms with Crippen LogP contribution in [0.15, 0.2) is 0 Å². The highest BCUT2D eigenvalue weighted by molar-refractivity contribution is 6.18. The molecule has 0 N–H and O–H groups in total. The van der Waals surface area contributed by atoms with Gasteiger partial charge in [-0.3, -0.25) is 0 Å². The summed E-state index contributed by atoms with van der Waals surface area (Å²) in [5.41, 5.74) is 0. The van der Waals surface area contributed by atoms with E-state index in [0.717, 1.165) is 24.8 Å². The smallest absolute Gasteiger partial charge is 0.129 e. The van der Waals surface area contributed by atoms with Crippen LogP contribution in [0.1, 0.15) is 0 Å². The molecule has 1 aliphatic heterocycles. The summed E-state index contributed by atoms with van der Waals surface area (Å²) in [5.74, 6) is 1.55. The van der Waals surface area contributed by atoms with Gasteiger partial charge in [0.1, 0.15) is 13.1 Å². The Morgan fingerprint density at radius 3 is 1.67 bits per heavy atom. The van der Waals surface area contributed by atoms with E-state index in [1.54, 1.807) is 0 Å². The fraction of sp³-hybridized carbons (Fsp3) is 1.00. The van der Waals surface area contributed by atoms with E-state index in [1.807, 2.05) is 0 Å². The standard InChI is InChI=1S/C6H12Cl2N/c7-1-3-9(4-2-8)5-6-9/h1-6H2/q+1. The topological polar surface area (TPSA) is 0 Å². The molecule has 0 aromatic heterocycles. The van der Waals surface area contributed by atoms with Crippen LogP contribution in [0.25, 0.3) is 0 Å². The van der Waals surface area contributed by atoms with Crippen LogP contribution in [0.4, 0.5) is 0 Å². The Bertz CT molecular complexity index is 83.1. The van der Waals surface area contributed by atoms with Crippen molar-refractivity contribution in [1.29, 1.82) is 0 Å². The number of alkyl halides is 2. The molecule has 0 bridgehead atoms. The summed E-state index contributed by atoms with van der Waals surface area (Å²) in [5, 5.41) is 0. The molecule has 9 heavy (non-hydrogen) atoms. The minimum atomic E-state index is 0.775. The van der Waals surface area contributed by atoms with E-state index in [4.69, 9.17) is 23.2 Å². The largest absolute Gasteiger partial charge is 0.312 e. The van der Waals surface area contributed by atoms with Crippen molar-refractivity contribution < 1.29 is 4.48 Å². The third-order valence-corrected chi connectivity index (χ3v) is 2.31. The fourth-order valence-corrected chi connectivity index (χ4v) is 1.78. The lowest BCUT2D eigenvalue weighted by atomic mass is 10.6. The van der Waals surface area contributed by atoms with Gasteiger partial charge in [0.05, 0.1) is 24.8 Å². The molecular formula is C6H12Cl2N+. The number of hydrogen-bond donors (Lipinski definition) is 0. The molecule has 1 fully saturated rings. The summed E-state index contributed by atoms with van der Waals surface area (Å²) < 4.78 is 1.17. The lowest BCUT2D eigenvalue weighted by Crippen LogP contribution is -2.30. The van der Waals surface area contributed by atoms with E-state index in [1.165, 1.54) is 17.6 Å². The maximum atomic E-state index is 5.60. The van der Waals surface area contributed by atoms with Gasteiger partial charge in [-0.15, -0.1) is 23.2 Å². The Labute approximate surface area is 66.1 Å². The van der Waals surface area contributed by atoms with Crippen LogP contribution < -0.4 is 0 Å². The predicted octanol–water partition coefficient (Wildman–Crippen LogP) is 1.29. The molecule has 54 valence electrons. The number of halogens is 2. The van der Waals surface area contributed by atoms with Crippen molar-refractivity contribution in [3.05, 3.63) is 0 Å². The first-order valence-corrected chi connectivity index (χ1v) is 4.37. The SMILES string of the molecule is ClCC[N+]1(CCCl)CC1. The lowest BCUT2D eigenvalue weighted by Gasteiger charge is -2.14. The van der Waals surface area contributed by atoms with Crippen LogP contribution in [-0.2, 0) is 0 Å². The first-order valence-electron chi connectivity index (χ1n) is 3.30. The zero-order valence-corrected chi connectivity index (χ0v) is 6.96. The van der Waals surface area contributed by atoms with Gasteiger partial charge in [-0.05, 0) is 0 Å². The Balaban J connectivity index is 2.17. The van der Waals surface area contributed by atoms with Crippen LogP contribution in [-0.4, -0.2) is 42.4 Å². The third-order valence-electron chi connectivity index (χ3n) is 1.97. The quantitative estimate of drug-likeness (QED) is 0.338. The maximum absolute atomic E-state index is 5.60. The van der Waals surface area contributed by atoms with Gasteiger partial charge in [0, 0.05) is 0 Å². The summed E-state index contributed by atoms with van der Waals surface area (Å²) in [6.07, 6.45) is 0. The van der Waals surface area contributed by atoms with Crippen molar-refractivity contribution in [2.24, 2.45) is 0 Å². The van der Waals surface area contributed by atoms with E-state index in [-0.39, 0.29) is 0 Å². The zero-order valence-electron chi connectivity index (χ0n) is 5.45. The average molecular weight is 169 g/mol. The summed E-state index contributed by atoms with van der Waals surface area (Å²) in [6, 6.07) is 0.